The van der Waals surface area contributed by atoms with Crippen LogP contribution in [0, 0.1) is 0 Å². The van der Waals surface area contributed by atoms with Crippen LogP contribution in [0.3, 0.4) is 0 Å². The zero-order valence-corrected chi connectivity index (χ0v) is 14.9. The number of aryl methyl sites for hydroxylation is 1. The van der Waals surface area contributed by atoms with Gasteiger partial charge in [0.05, 0.1) is 7.11 Å². The summed E-state index contributed by atoms with van der Waals surface area (Å²) in [6.45, 7) is 0.759. The fourth-order valence-corrected chi connectivity index (χ4v) is 3.78. The Bertz CT molecular complexity index is 818. The van der Waals surface area contributed by atoms with Gasteiger partial charge in [-0.3, -0.25) is 4.79 Å². The van der Waals surface area contributed by atoms with E-state index < -0.39 is 0 Å². The fraction of sp³-hybridized carbons (Fsp3) is 0.381. The predicted molar refractivity (Wildman–Crippen MR) is 97.7 cm³/mol. The van der Waals surface area contributed by atoms with Gasteiger partial charge in [-0.1, -0.05) is 12.1 Å². The molecule has 136 valence electrons. The van der Waals surface area contributed by atoms with E-state index in [0.29, 0.717) is 13.0 Å². The van der Waals surface area contributed by atoms with E-state index in [1.807, 2.05) is 24.3 Å². The van der Waals surface area contributed by atoms with Crippen molar-refractivity contribution in [2.75, 3.05) is 13.9 Å². The summed E-state index contributed by atoms with van der Waals surface area (Å²) in [6, 6.07) is 12.0. The lowest BCUT2D eigenvalue weighted by Gasteiger charge is -2.25. The number of rotatable bonds is 5. The summed E-state index contributed by atoms with van der Waals surface area (Å²) in [4.78, 5) is 12.5. The average Bonchev–Trinajstić information content (AvgIpc) is 3.14. The molecule has 1 aliphatic heterocycles. The lowest BCUT2D eigenvalue weighted by molar-refractivity contribution is -0.121. The minimum atomic E-state index is 0.0799. The molecule has 0 bridgehead atoms. The van der Waals surface area contributed by atoms with Crippen LogP contribution in [-0.2, 0) is 17.8 Å². The zero-order valence-electron chi connectivity index (χ0n) is 14.9. The van der Waals surface area contributed by atoms with Crippen LogP contribution in [0.4, 0.5) is 0 Å². The minimum Gasteiger partial charge on any atom is -0.497 e. The fourth-order valence-electron chi connectivity index (χ4n) is 3.78. The summed E-state index contributed by atoms with van der Waals surface area (Å²) in [5.74, 6) is 2.75. The Balaban J connectivity index is 1.37. The van der Waals surface area contributed by atoms with Crippen LogP contribution in [-0.4, -0.2) is 19.8 Å². The molecule has 4 rings (SSSR count). The molecule has 1 aliphatic carbocycles. The molecule has 1 N–H and O–H groups in total. The van der Waals surface area contributed by atoms with Crippen LogP contribution in [0.15, 0.2) is 36.4 Å². The molecule has 1 heterocycles. The first-order chi connectivity index (χ1) is 12.7. The highest BCUT2D eigenvalue weighted by Crippen LogP contribution is 2.36. The Morgan fingerprint density at radius 2 is 2.08 bits per heavy atom. The quantitative estimate of drug-likeness (QED) is 0.893. The van der Waals surface area contributed by atoms with Crippen LogP contribution in [0.5, 0.6) is 17.2 Å². The Labute approximate surface area is 153 Å². The molecular weight excluding hydrogens is 330 g/mol. The number of fused-ring (bicyclic) bond motifs is 2. The summed E-state index contributed by atoms with van der Waals surface area (Å²) in [6.07, 6.45) is 3.74. The summed E-state index contributed by atoms with van der Waals surface area (Å²) in [5.41, 5.74) is 3.61. The first-order valence-corrected chi connectivity index (χ1v) is 9.05. The van der Waals surface area contributed by atoms with Gasteiger partial charge < -0.3 is 19.5 Å². The molecular formula is C21H23NO4. The number of amides is 1. The number of ether oxygens (including phenoxy) is 3. The Hall–Kier alpha value is -2.69. The molecule has 0 aromatic heterocycles. The van der Waals surface area contributed by atoms with Gasteiger partial charge in [-0.05, 0) is 66.1 Å². The van der Waals surface area contributed by atoms with Crippen LogP contribution >= 0.6 is 0 Å². The summed E-state index contributed by atoms with van der Waals surface area (Å²) in [7, 11) is 1.69. The number of benzene rings is 2. The molecule has 1 unspecified atom stereocenters. The zero-order chi connectivity index (χ0) is 17.9. The molecule has 0 fully saturated rings. The van der Waals surface area contributed by atoms with Crippen molar-refractivity contribution in [3.8, 4) is 17.2 Å². The number of nitrogens with one attached hydrogen (secondary N) is 1. The van der Waals surface area contributed by atoms with Gasteiger partial charge in [0.15, 0.2) is 11.5 Å². The molecule has 26 heavy (non-hydrogen) atoms. The maximum Gasteiger partial charge on any atom is 0.231 e. The van der Waals surface area contributed by atoms with Gasteiger partial charge in [0.2, 0.25) is 12.7 Å². The molecule has 2 aromatic rings. The van der Waals surface area contributed by atoms with Gasteiger partial charge in [0.25, 0.3) is 0 Å². The third-order valence-corrected chi connectivity index (χ3v) is 5.15. The summed E-state index contributed by atoms with van der Waals surface area (Å²) < 4.78 is 16.0. The molecule has 2 aromatic carbocycles. The number of hydrogen-bond donors (Lipinski definition) is 1. The van der Waals surface area contributed by atoms with E-state index in [1.165, 1.54) is 11.1 Å². The molecule has 1 amide bonds. The monoisotopic (exact) mass is 353 g/mol. The highest BCUT2D eigenvalue weighted by atomic mass is 16.7. The maximum absolute atomic E-state index is 12.5. The average molecular weight is 353 g/mol. The number of hydrogen-bond acceptors (Lipinski definition) is 4. The van der Waals surface area contributed by atoms with Gasteiger partial charge >= 0.3 is 0 Å². The number of methoxy groups -OCH3 is 1. The van der Waals surface area contributed by atoms with Crippen molar-refractivity contribution in [1.29, 1.82) is 0 Å². The second-order valence-corrected chi connectivity index (χ2v) is 6.82. The molecule has 2 aliphatic rings. The molecule has 0 spiro atoms. The third kappa shape index (κ3) is 3.47. The Kier molecular flexibility index (Phi) is 4.69. The van der Waals surface area contributed by atoms with Gasteiger partial charge in [0.1, 0.15) is 5.75 Å². The van der Waals surface area contributed by atoms with Crippen molar-refractivity contribution in [1.82, 2.24) is 5.32 Å². The van der Waals surface area contributed by atoms with Crippen LogP contribution in [0.2, 0.25) is 0 Å². The lowest BCUT2D eigenvalue weighted by Crippen LogP contribution is -2.25. The Morgan fingerprint density at radius 3 is 2.96 bits per heavy atom. The van der Waals surface area contributed by atoms with Crippen molar-refractivity contribution < 1.29 is 19.0 Å². The van der Waals surface area contributed by atoms with Crippen molar-refractivity contribution in [3.05, 3.63) is 53.1 Å². The molecule has 5 nitrogen and oxygen atoms in total. The largest absolute Gasteiger partial charge is 0.497 e. The summed E-state index contributed by atoms with van der Waals surface area (Å²) in [5, 5.41) is 3.03. The van der Waals surface area contributed by atoms with E-state index in [9.17, 15) is 4.79 Å². The van der Waals surface area contributed by atoms with Gasteiger partial charge in [-0.15, -0.1) is 0 Å². The van der Waals surface area contributed by atoms with E-state index >= 15 is 0 Å². The molecule has 0 saturated carbocycles. The normalized spacial score (nSPS) is 17.5. The van der Waals surface area contributed by atoms with Crippen LogP contribution in [0.25, 0.3) is 0 Å². The van der Waals surface area contributed by atoms with E-state index in [4.69, 9.17) is 14.2 Å². The Morgan fingerprint density at radius 1 is 1.19 bits per heavy atom. The standard InChI is InChI=1S/C21H23NO4/c1-24-17-6-7-18-15(10-17)3-2-4-16(18)11-21(23)22-12-14-5-8-19-20(9-14)26-13-25-19/h5-10,16H,2-4,11-13H2,1H3,(H,22,23). The SMILES string of the molecule is COc1ccc2c(c1)CCCC2CC(=O)NCc1ccc2c(c1)OCO2. The highest BCUT2D eigenvalue weighted by Gasteiger charge is 2.23. The molecule has 5 heteroatoms. The first kappa shape index (κ1) is 16.8. The van der Waals surface area contributed by atoms with Crippen LogP contribution in [0.1, 0.15) is 41.9 Å². The van der Waals surface area contributed by atoms with Crippen molar-refractivity contribution in [2.45, 2.75) is 38.1 Å². The van der Waals surface area contributed by atoms with Crippen molar-refractivity contribution >= 4 is 5.91 Å². The van der Waals surface area contributed by atoms with Crippen LogP contribution < -0.4 is 19.5 Å². The third-order valence-electron chi connectivity index (χ3n) is 5.15. The van der Waals surface area contributed by atoms with E-state index in [0.717, 1.165) is 42.1 Å². The lowest BCUT2D eigenvalue weighted by atomic mass is 9.81. The smallest absolute Gasteiger partial charge is 0.231 e. The second-order valence-electron chi connectivity index (χ2n) is 6.82. The number of carbonyl (C=O) groups is 1. The van der Waals surface area contributed by atoms with E-state index in [-0.39, 0.29) is 18.6 Å². The molecule has 1 atom stereocenters. The predicted octanol–water partition coefficient (Wildman–Crippen LogP) is 3.55. The highest BCUT2D eigenvalue weighted by molar-refractivity contribution is 5.77. The van der Waals surface area contributed by atoms with Gasteiger partial charge in [-0.25, -0.2) is 0 Å². The maximum atomic E-state index is 12.5. The van der Waals surface area contributed by atoms with Gasteiger partial charge in [0, 0.05) is 13.0 Å². The first-order valence-electron chi connectivity index (χ1n) is 9.05. The van der Waals surface area contributed by atoms with Crippen molar-refractivity contribution in [2.24, 2.45) is 0 Å². The molecule has 0 saturated heterocycles. The van der Waals surface area contributed by atoms with E-state index in [2.05, 4.69) is 17.4 Å². The molecule has 0 radical (unpaired) electrons. The van der Waals surface area contributed by atoms with E-state index in [1.54, 1.807) is 7.11 Å². The van der Waals surface area contributed by atoms with Gasteiger partial charge in [-0.2, -0.15) is 0 Å². The number of carbonyl (C=O) groups excluding carboxylic acids is 1. The van der Waals surface area contributed by atoms with Crippen molar-refractivity contribution in [3.63, 3.8) is 0 Å². The second kappa shape index (κ2) is 7.28. The topological polar surface area (TPSA) is 56.8 Å². The summed E-state index contributed by atoms with van der Waals surface area (Å²) >= 11 is 0. The minimum absolute atomic E-state index is 0.0799.